The van der Waals surface area contributed by atoms with Gasteiger partial charge in [-0.1, -0.05) is 0 Å². The maximum absolute atomic E-state index is 13.9. The van der Waals surface area contributed by atoms with Crippen LogP contribution in [-0.4, -0.2) is 110 Å². The third-order valence-corrected chi connectivity index (χ3v) is 15.7. The second-order valence-electron chi connectivity index (χ2n) is 18.0. The van der Waals surface area contributed by atoms with E-state index in [4.69, 9.17) is 28.4 Å². The first kappa shape index (κ1) is 41.6. The Kier molecular flexibility index (Phi) is 10.9. The van der Waals surface area contributed by atoms with E-state index in [9.17, 15) is 29.4 Å². The predicted octanol–water partition coefficient (Wildman–Crippen LogP) is 5.98. The number of methoxy groups -OCH3 is 4. The number of nitrogens with zero attached hydrogens (tertiary/aromatic N) is 2. The van der Waals surface area contributed by atoms with Crippen LogP contribution in [0.3, 0.4) is 0 Å². The molecule has 1 saturated carbocycles. The van der Waals surface area contributed by atoms with E-state index in [0.29, 0.717) is 83.6 Å². The summed E-state index contributed by atoms with van der Waals surface area (Å²) in [7, 11) is 10.6. The number of carboxylic acid groups (broad SMARTS) is 2. The lowest BCUT2D eigenvalue weighted by atomic mass is 9.38. The van der Waals surface area contributed by atoms with Gasteiger partial charge in [0.2, 0.25) is 11.5 Å². The van der Waals surface area contributed by atoms with E-state index in [1.54, 1.807) is 0 Å². The van der Waals surface area contributed by atoms with Gasteiger partial charge in [0.15, 0.2) is 23.0 Å². The fraction of sp³-hybridized carbons (Fsp3) is 0.636. The molecule has 4 saturated heterocycles. The molecule has 2 N–H and O–H groups in total. The number of carbonyl (C=O) groups excluding carboxylic acids is 2. The van der Waals surface area contributed by atoms with E-state index in [1.807, 2.05) is 24.3 Å². The minimum atomic E-state index is -1.35. The maximum atomic E-state index is 13.9. The van der Waals surface area contributed by atoms with Crippen LogP contribution in [0.15, 0.2) is 24.3 Å². The Morgan fingerprint density at radius 1 is 0.569 bits per heavy atom. The maximum Gasteiger partial charge on any atom is 0.311 e. The molecule has 5 fully saturated rings. The molecule has 4 bridgehead atoms. The van der Waals surface area contributed by atoms with Crippen molar-refractivity contribution in [1.29, 1.82) is 0 Å². The molecule has 0 radical (unpaired) electrons. The highest BCUT2D eigenvalue weighted by atomic mass is 16.6. The normalized spacial score (nSPS) is 34.7. The number of aliphatic carboxylic acids is 2. The monoisotopic (exact) mass is 808 g/mol. The van der Waals surface area contributed by atoms with Gasteiger partial charge in [0, 0.05) is 76.3 Å². The van der Waals surface area contributed by atoms with Gasteiger partial charge >= 0.3 is 23.9 Å². The molecule has 0 spiro atoms. The Morgan fingerprint density at radius 3 is 1.05 bits per heavy atom. The molecular weight excluding hydrogens is 748 g/mol. The van der Waals surface area contributed by atoms with Crippen LogP contribution in [0.2, 0.25) is 0 Å². The van der Waals surface area contributed by atoms with E-state index in [-0.39, 0.29) is 47.5 Å². The molecule has 7 rings (SSSR count). The van der Waals surface area contributed by atoms with E-state index < -0.39 is 34.7 Å². The van der Waals surface area contributed by atoms with Crippen molar-refractivity contribution in [3.05, 3.63) is 35.4 Å². The fourth-order valence-electron chi connectivity index (χ4n) is 12.9. The van der Waals surface area contributed by atoms with Crippen LogP contribution in [-0.2, 0) is 32.3 Å². The number of carbonyl (C=O) groups is 4. The number of esters is 2. The molecule has 1 aliphatic carbocycles. The standard InChI is InChI=1S/C44H58N2O12/c1-25(47)57-39-35(53-5)15-27(16-36(39)54-6)23-45(3)31-9-10-32(45)20-29(19-31)43(41(49)50)13-14-44(43,42(51)52)30-21-33-11-12-34(22-30)46(33,4)24-28-17-37(55-7)40(58-26(2)48)38(18-28)56-8/h15-18,29-34H,9-14,19-24H2,1-8H3/p+2/t29?,30?,31-,32+,33-,34+,43?,44?,45?,46?. The first-order valence-electron chi connectivity index (χ1n) is 20.5. The van der Waals surface area contributed by atoms with Crippen LogP contribution < -0.4 is 28.4 Å². The second kappa shape index (κ2) is 15.2. The molecule has 5 aliphatic rings. The SMILES string of the molecule is COc1cc(C[N+]2(C)[C@@H]3CC[C@H]2CC(C2(C(=O)O)CCC2(C(=O)O)C2C[C@H]4CC[C@@H](C2)[N+]4(C)Cc2cc(OC)c(OC(C)=O)c(OC)c2)C3)cc(OC)c1OC(C)=O. The van der Waals surface area contributed by atoms with E-state index in [0.717, 1.165) is 36.8 Å². The van der Waals surface area contributed by atoms with Crippen molar-refractivity contribution in [2.45, 2.75) is 115 Å². The van der Waals surface area contributed by atoms with Gasteiger partial charge in [-0.25, -0.2) is 0 Å². The van der Waals surface area contributed by atoms with Crippen LogP contribution in [0.5, 0.6) is 34.5 Å². The summed E-state index contributed by atoms with van der Waals surface area (Å²) in [5, 5.41) is 22.7. The predicted molar refractivity (Wildman–Crippen MR) is 210 cm³/mol. The summed E-state index contributed by atoms with van der Waals surface area (Å²) in [6.45, 7) is 3.94. The van der Waals surface area contributed by atoms with E-state index in [2.05, 4.69) is 14.1 Å². The van der Waals surface area contributed by atoms with Gasteiger partial charge in [0.1, 0.15) is 13.1 Å². The van der Waals surface area contributed by atoms with Gasteiger partial charge in [-0.3, -0.25) is 19.2 Å². The summed E-state index contributed by atoms with van der Waals surface area (Å²) >= 11 is 0. The Labute approximate surface area is 340 Å². The number of hydrogen-bond acceptors (Lipinski definition) is 10. The third kappa shape index (κ3) is 6.36. The quantitative estimate of drug-likeness (QED) is 0.131. The van der Waals surface area contributed by atoms with Gasteiger partial charge in [-0.2, -0.15) is 0 Å². The third-order valence-electron chi connectivity index (χ3n) is 15.7. The van der Waals surface area contributed by atoms with Crippen LogP contribution in [0.25, 0.3) is 0 Å². The molecule has 0 aromatic heterocycles. The highest BCUT2D eigenvalue weighted by Crippen LogP contribution is 2.71. The topological polar surface area (TPSA) is 164 Å². The smallest absolute Gasteiger partial charge is 0.311 e. The molecule has 10 atom stereocenters. The van der Waals surface area contributed by atoms with Crippen molar-refractivity contribution in [1.82, 2.24) is 0 Å². The lowest BCUT2D eigenvalue weighted by Gasteiger charge is -2.64. The average molecular weight is 809 g/mol. The summed E-state index contributed by atoms with van der Waals surface area (Å²) in [5.41, 5.74) is -0.785. The van der Waals surface area contributed by atoms with Gasteiger partial charge < -0.3 is 47.6 Å². The number of rotatable bonds is 14. The van der Waals surface area contributed by atoms with E-state index in [1.165, 1.54) is 42.3 Å². The summed E-state index contributed by atoms with van der Waals surface area (Å²) in [5.74, 6) is -1.34. The van der Waals surface area contributed by atoms with Crippen LogP contribution in [0.4, 0.5) is 0 Å². The summed E-state index contributed by atoms with van der Waals surface area (Å²) in [6, 6.07) is 8.13. The lowest BCUT2D eigenvalue weighted by Crippen LogP contribution is -2.71. The molecule has 58 heavy (non-hydrogen) atoms. The van der Waals surface area contributed by atoms with Crippen molar-refractivity contribution in [3.63, 3.8) is 0 Å². The number of carboxylic acids is 2. The number of ether oxygens (including phenoxy) is 6. The second-order valence-corrected chi connectivity index (χ2v) is 18.0. The number of quaternary nitrogens is 2. The van der Waals surface area contributed by atoms with Gasteiger partial charge in [-0.15, -0.1) is 0 Å². The number of benzene rings is 2. The zero-order chi connectivity index (χ0) is 41.9. The van der Waals surface area contributed by atoms with Gasteiger partial charge in [0.25, 0.3) is 0 Å². The zero-order valence-electron chi connectivity index (χ0n) is 35.1. The Bertz CT molecular complexity index is 1760. The van der Waals surface area contributed by atoms with Crippen molar-refractivity contribution < 1.29 is 66.8 Å². The highest BCUT2D eigenvalue weighted by Gasteiger charge is 2.76. The molecule has 2 aromatic carbocycles. The van der Waals surface area contributed by atoms with E-state index >= 15 is 0 Å². The summed E-state index contributed by atoms with van der Waals surface area (Å²) in [4.78, 5) is 51.4. The number of piperidine rings is 2. The highest BCUT2D eigenvalue weighted by molar-refractivity contribution is 5.89. The molecule has 14 nitrogen and oxygen atoms in total. The van der Waals surface area contributed by atoms with Gasteiger partial charge in [-0.05, 0) is 48.9 Å². The Hall–Kier alpha value is -4.56. The summed E-state index contributed by atoms with van der Waals surface area (Å²) < 4.78 is 34.8. The molecule has 4 aliphatic heterocycles. The Morgan fingerprint density at radius 2 is 0.845 bits per heavy atom. The number of hydrogen-bond donors (Lipinski definition) is 2. The molecule has 6 unspecified atom stereocenters. The molecule has 4 heterocycles. The van der Waals surface area contributed by atoms with Crippen molar-refractivity contribution >= 4 is 23.9 Å². The van der Waals surface area contributed by atoms with Crippen LogP contribution in [0, 0.1) is 22.7 Å². The fourth-order valence-corrected chi connectivity index (χ4v) is 12.9. The van der Waals surface area contributed by atoms with Crippen LogP contribution in [0.1, 0.15) is 89.2 Å². The minimum absolute atomic E-state index is 0.154. The van der Waals surface area contributed by atoms with Crippen molar-refractivity contribution in [2.75, 3.05) is 42.5 Å². The van der Waals surface area contributed by atoms with Crippen molar-refractivity contribution in [3.8, 4) is 34.5 Å². The molecule has 316 valence electrons. The molecule has 2 aromatic rings. The van der Waals surface area contributed by atoms with Gasteiger partial charge in [0.05, 0.1) is 77.5 Å². The molecule has 0 amide bonds. The summed E-state index contributed by atoms with van der Waals surface area (Å²) in [6.07, 6.45) is 7.09. The average Bonchev–Trinajstić information content (AvgIpc) is 3.38. The van der Waals surface area contributed by atoms with Crippen molar-refractivity contribution in [2.24, 2.45) is 22.7 Å². The van der Waals surface area contributed by atoms with Crippen LogP contribution >= 0.6 is 0 Å². The first-order valence-corrected chi connectivity index (χ1v) is 20.5. The molecular formula is C44H60N2O12+2. The minimum Gasteiger partial charge on any atom is -0.493 e. The molecule has 14 heteroatoms. The number of fused-ring (bicyclic) bond motifs is 4. The lowest BCUT2D eigenvalue weighted by molar-refractivity contribution is -0.963. The largest absolute Gasteiger partial charge is 0.493 e. The zero-order valence-corrected chi connectivity index (χ0v) is 35.1. The first-order chi connectivity index (χ1) is 27.5. The Balaban J connectivity index is 1.14.